The number of aryl methyl sites for hydroxylation is 1. The lowest BCUT2D eigenvalue weighted by Gasteiger charge is -2.22. The number of halogens is 1. The second-order valence-corrected chi connectivity index (χ2v) is 7.19. The lowest BCUT2D eigenvalue weighted by Crippen LogP contribution is -2.32. The second kappa shape index (κ2) is 8.45. The summed E-state index contributed by atoms with van der Waals surface area (Å²) in [6, 6.07) is 6.52. The Morgan fingerprint density at radius 2 is 2.12 bits per heavy atom. The van der Waals surface area contributed by atoms with Gasteiger partial charge in [-0.2, -0.15) is 11.3 Å². The number of carbonyl (C=O) groups excluding carboxylic acids is 1. The van der Waals surface area contributed by atoms with Crippen molar-refractivity contribution in [3.8, 4) is 0 Å². The zero-order valence-corrected chi connectivity index (χ0v) is 16.1. The summed E-state index contributed by atoms with van der Waals surface area (Å²) in [5, 5.41) is 3.80. The molecule has 0 radical (unpaired) electrons. The molecule has 2 heterocycles. The predicted molar refractivity (Wildman–Crippen MR) is 104 cm³/mol. The van der Waals surface area contributed by atoms with E-state index in [1.54, 1.807) is 6.07 Å². The van der Waals surface area contributed by atoms with Gasteiger partial charge in [-0.15, -0.1) is 0 Å². The van der Waals surface area contributed by atoms with Crippen LogP contribution in [-0.4, -0.2) is 26.9 Å². The molecule has 0 aliphatic carbocycles. The van der Waals surface area contributed by atoms with E-state index in [2.05, 4.69) is 18.8 Å². The van der Waals surface area contributed by atoms with Crippen LogP contribution in [0, 0.1) is 5.82 Å². The van der Waals surface area contributed by atoms with Crippen molar-refractivity contribution in [2.24, 2.45) is 0 Å². The highest BCUT2D eigenvalue weighted by atomic mass is 32.1. The molecule has 138 valence electrons. The first-order chi connectivity index (χ1) is 12.6. The molecule has 0 atom stereocenters. The summed E-state index contributed by atoms with van der Waals surface area (Å²) in [6.07, 6.45) is 2.88. The molecular weight excluding hydrogens is 349 g/mol. The van der Waals surface area contributed by atoms with Crippen molar-refractivity contribution < 1.29 is 9.18 Å². The summed E-state index contributed by atoms with van der Waals surface area (Å²) >= 11 is 1.52. The van der Waals surface area contributed by atoms with Gasteiger partial charge in [0.05, 0.1) is 23.1 Å². The normalized spacial score (nSPS) is 11.2. The SMILES string of the molecule is CCCCN(Cc1nc2ccc(F)cc2n1CCC)C(=O)c1ccsc1. The molecule has 0 aliphatic heterocycles. The number of rotatable bonds is 8. The van der Waals surface area contributed by atoms with Crippen molar-refractivity contribution >= 4 is 28.3 Å². The van der Waals surface area contributed by atoms with Crippen LogP contribution in [-0.2, 0) is 13.1 Å². The van der Waals surface area contributed by atoms with E-state index in [9.17, 15) is 9.18 Å². The van der Waals surface area contributed by atoms with Crippen LogP contribution in [0.4, 0.5) is 4.39 Å². The summed E-state index contributed by atoms with van der Waals surface area (Å²) in [5.74, 6) is 0.576. The molecule has 4 nitrogen and oxygen atoms in total. The lowest BCUT2D eigenvalue weighted by molar-refractivity contribution is 0.0735. The maximum atomic E-state index is 13.7. The average Bonchev–Trinajstić information content (AvgIpc) is 3.27. The van der Waals surface area contributed by atoms with E-state index in [1.165, 1.54) is 23.5 Å². The molecule has 0 spiro atoms. The van der Waals surface area contributed by atoms with Crippen LogP contribution in [0.25, 0.3) is 11.0 Å². The molecule has 3 rings (SSSR count). The quantitative estimate of drug-likeness (QED) is 0.552. The van der Waals surface area contributed by atoms with Crippen LogP contribution in [0.1, 0.15) is 49.3 Å². The molecule has 0 saturated heterocycles. The Labute approximate surface area is 157 Å². The van der Waals surface area contributed by atoms with Crippen LogP contribution in [0.5, 0.6) is 0 Å². The monoisotopic (exact) mass is 373 g/mol. The first-order valence-corrected chi connectivity index (χ1v) is 10.0. The van der Waals surface area contributed by atoms with Crippen LogP contribution in [0.2, 0.25) is 0 Å². The standard InChI is InChI=1S/C20H24FN3OS/c1-3-5-10-23(20(25)15-8-11-26-14-15)13-19-22-17-7-6-16(21)12-18(17)24(19)9-4-2/h6-8,11-12,14H,3-5,9-10,13H2,1-2H3. The number of thiophene rings is 1. The van der Waals surface area contributed by atoms with Crippen molar-refractivity contribution in [2.45, 2.75) is 46.2 Å². The third kappa shape index (κ3) is 3.96. The van der Waals surface area contributed by atoms with Crippen molar-refractivity contribution in [3.05, 3.63) is 52.2 Å². The summed E-state index contributed by atoms with van der Waals surface area (Å²) in [7, 11) is 0. The van der Waals surface area contributed by atoms with Crippen LogP contribution in [0.15, 0.2) is 35.0 Å². The largest absolute Gasteiger partial charge is 0.331 e. The Kier molecular flexibility index (Phi) is 6.04. The molecular formula is C20H24FN3OS. The van der Waals surface area contributed by atoms with E-state index in [4.69, 9.17) is 0 Å². The van der Waals surface area contributed by atoms with E-state index in [-0.39, 0.29) is 11.7 Å². The highest BCUT2D eigenvalue weighted by molar-refractivity contribution is 7.08. The van der Waals surface area contributed by atoms with Crippen molar-refractivity contribution in [3.63, 3.8) is 0 Å². The van der Waals surface area contributed by atoms with Gasteiger partial charge < -0.3 is 9.47 Å². The fraction of sp³-hybridized carbons (Fsp3) is 0.400. The number of unbranched alkanes of at least 4 members (excludes halogenated alkanes) is 1. The van der Waals surface area contributed by atoms with Gasteiger partial charge in [0.2, 0.25) is 0 Å². The molecule has 0 N–H and O–H groups in total. The van der Waals surface area contributed by atoms with Gasteiger partial charge in [0.15, 0.2) is 0 Å². The minimum absolute atomic E-state index is 0.0287. The fourth-order valence-electron chi connectivity index (χ4n) is 3.08. The molecule has 26 heavy (non-hydrogen) atoms. The van der Waals surface area contributed by atoms with Crippen LogP contribution >= 0.6 is 11.3 Å². The number of hydrogen-bond donors (Lipinski definition) is 0. The number of nitrogens with zero attached hydrogens (tertiary/aromatic N) is 3. The second-order valence-electron chi connectivity index (χ2n) is 6.40. The fourth-order valence-corrected chi connectivity index (χ4v) is 3.71. The van der Waals surface area contributed by atoms with Gasteiger partial charge >= 0.3 is 0 Å². The Bertz CT molecular complexity index is 873. The Hall–Kier alpha value is -2.21. The minimum Gasteiger partial charge on any atom is -0.331 e. The molecule has 0 aliphatic rings. The third-order valence-electron chi connectivity index (χ3n) is 4.41. The topological polar surface area (TPSA) is 38.1 Å². The van der Waals surface area contributed by atoms with Crippen LogP contribution in [0.3, 0.4) is 0 Å². The van der Waals surface area contributed by atoms with Gasteiger partial charge in [-0.1, -0.05) is 20.3 Å². The van der Waals surface area contributed by atoms with Crippen molar-refractivity contribution in [1.82, 2.24) is 14.5 Å². The number of imidazole rings is 1. The number of carbonyl (C=O) groups is 1. The highest BCUT2D eigenvalue weighted by Crippen LogP contribution is 2.21. The summed E-state index contributed by atoms with van der Waals surface area (Å²) in [4.78, 5) is 19.4. The van der Waals surface area contributed by atoms with E-state index < -0.39 is 0 Å². The van der Waals surface area contributed by atoms with Crippen LogP contribution < -0.4 is 0 Å². The Balaban J connectivity index is 1.94. The number of aromatic nitrogens is 2. The summed E-state index contributed by atoms with van der Waals surface area (Å²) in [6.45, 7) is 6.08. The maximum Gasteiger partial charge on any atom is 0.255 e. The molecule has 1 aromatic carbocycles. The van der Waals surface area contributed by atoms with E-state index in [0.29, 0.717) is 13.1 Å². The third-order valence-corrected chi connectivity index (χ3v) is 5.09. The van der Waals surface area contributed by atoms with Crippen molar-refractivity contribution in [1.29, 1.82) is 0 Å². The average molecular weight is 373 g/mol. The van der Waals surface area contributed by atoms with E-state index in [0.717, 1.165) is 48.2 Å². The molecule has 0 bridgehead atoms. The number of hydrogen-bond acceptors (Lipinski definition) is 3. The van der Waals surface area contributed by atoms with E-state index in [1.807, 2.05) is 26.3 Å². The molecule has 0 saturated carbocycles. The van der Waals surface area contributed by atoms with E-state index >= 15 is 0 Å². The lowest BCUT2D eigenvalue weighted by atomic mass is 10.2. The Morgan fingerprint density at radius 3 is 2.81 bits per heavy atom. The molecule has 0 fully saturated rings. The zero-order chi connectivity index (χ0) is 18.5. The van der Waals surface area contributed by atoms with Gasteiger partial charge in [0.1, 0.15) is 11.6 Å². The minimum atomic E-state index is -0.265. The smallest absolute Gasteiger partial charge is 0.255 e. The summed E-state index contributed by atoms with van der Waals surface area (Å²) in [5.41, 5.74) is 2.28. The number of fused-ring (bicyclic) bond motifs is 1. The first-order valence-electron chi connectivity index (χ1n) is 9.10. The molecule has 3 aromatic rings. The molecule has 0 unspecified atom stereocenters. The predicted octanol–water partition coefficient (Wildman–Crippen LogP) is 5.09. The number of benzene rings is 1. The van der Waals surface area contributed by atoms with Gasteiger partial charge in [-0.3, -0.25) is 4.79 Å². The maximum absolute atomic E-state index is 13.7. The zero-order valence-electron chi connectivity index (χ0n) is 15.2. The first kappa shape index (κ1) is 18.6. The van der Waals surface area contributed by atoms with Gasteiger partial charge in [0, 0.05) is 18.5 Å². The molecule has 2 aromatic heterocycles. The van der Waals surface area contributed by atoms with Gasteiger partial charge in [-0.05, 0) is 42.5 Å². The van der Waals surface area contributed by atoms with Gasteiger partial charge in [0.25, 0.3) is 5.91 Å². The molecule has 1 amide bonds. The Morgan fingerprint density at radius 1 is 1.27 bits per heavy atom. The number of amides is 1. The van der Waals surface area contributed by atoms with Crippen molar-refractivity contribution in [2.75, 3.05) is 6.54 Å². The highest BCUT2D eigenvalue weighted by Gasteiger charge is 2.20. The summed E-state index contributed by atoms with van der Waals surface area (Å²) < 4.78 is 15.7. The van der Waals surface area contributed by atoms with Gasteiger partial charge in [-0.25, -0.2) is 9.37 Å². The molecule has 6 heteroatoms.